The third-order valence-corrected chi connectivity index (χ3v) is 4.75. The quantitative estimate of drug-likeness (QED) is 0.784. The van der Waals surface area contributed by atoms with Gasteiger partial charge in [-0.1, -0.05) is 16.5 Å². The van der Waals surface area contributed by atoms with E-state index in [-0.39, 0.29) is 6.04 Å². The predicted octanol–water partition coefficient (Wildman–Crippen LogP) is 1.51. The van der Waals surface area contributed by atoms with Crippen LogP contribution in [-0.2, 0) is 6.54 Å². The van der Waals surface area contributed by atoms with Gasteiger partial charge in [-0.2, -0.15) is 4.98 Å². The van der Waals surface area contributed by atoms with Gasteiger partial charge in [-0.25, -0.2) is 0 Å². The topological polar surface area (TPSA) is 80.4 Å². The van der Waals surface area contributed by atoms with Gasteiger partial charge in [0, 0.05) is 26.2 Å². The summed E-state index contributed by atoms with van der Waals surface area (Å²) in [5.74, 6) is 1.38. The number of ether oxygens (including phenoxy) is 1. The minimum Gasteiger partial charge on any atom is -0.469 e. The fraction of sp³-hybridized carbons (Fsp3) is 0.714. The molecule has 1 aliphatic heterocycles. The van der Waals surface area contributed by atoms with Crippen molar-refractivity contribution in [1.29, 1.82) is 0 Å². The van der Waals surface area contributed by atoms with E-state index < -0.39 is 0 Å². The molecule has 1 atom stereocenters. The molecule has 1 fully saturated rings. The van der Waals surface area contributed by atoms with Crippen LogP contribution in [0.25, 0.3) is 0 Å². The second kappa shape index (κ2) is 7.33. The molecule has 8 nitrogen and oxygen atoms in total. The van der Waals surface area contributed by atoms with Gasteiger partial charge < -0.3 is 9.26 Å². The molecule has 0 amide bonds. The van der Waals surface area contributed by atoms with E-state index in [9.17, 15) is 0 Å². The molecule has 0 bridgehead atoms. The molecular formula is C14H22N6O2S. The molecule has 2 aromatic rings. The summed E-state index contributed by atoms with van der Waals surface area (Å²) in [4.78, 5) is 9.09. The second-order valence-electron chi connectivity index (χ2n) is 5.56. The van der Waals surface area contributed by atoms with Crippen molar-refractivity contribution >= 4 is 11.3 Å². The number of hydrogen-bond donors (Lipinski definition) is 0. The standard InChI is InChI=1S/C14H22N6O2S/c1-4-21-14-17-16-12(23-14)9-19-5-7-20(8-6-19)10(2)13-15-11(3)18-22-13/h10H,4-9H2,1-3H3. The van der Waals surface area contributed by atoms with Crippen LogP contribution in [0.15, 0.2) is 4.52 Å². The van der Waals surface area contributed by atoms with Crippen molar-refractivity contribution in [3.05, 3.63) is 16.7 Å². The van der Waals surface area contributed by atoms with Crippen LogP contribution in [0.1, 0.15) is 36.6 Å². The fourth-order valence-electron chi connectivity index (χ4n) is 2.62. The lowest BCUT2D eigenvalue weighted by Crippen LogP contribution is -2.46. The molecule has 0 radical (unpaired) electrons. The Morgan fingerprint density at radius 3 is 2.70 bits per heavy atom. The minimum atomic E-state index is 0.157. The van der Waals surface area contributed by atoms with Crippen molar-refractivity contribution in [2.75, 3.05) is 32.8 Å². The first-order chi connectivity index (χ1) is 11.2. The Kier molecular flexibility index (Phi) is 5.19. The molecule has 0 aromatic carbocycles. The van der Waals surface area contributed by atoms with Gasteiger partial charge >= 0.3 is 0 Å². The van der Waals surface area contributed by atoms with E-state index in [0.717, 1.165) is 37.7 Å². The van der Waals surface area contributed by atoms with Crippen molar-refractivity contribution in [2.45, 2.75) is 33.4 Å². The number of aryl methyl sites for hydroxylation is 1. The lowest BCUT2D eigenvalue weighted by molar-refractivity contribution is 0.0844. The van der Waals surface area contributed by atoms with Gasteiger partial charge in [0.1, 0.15) is 5.01 Å². The van der Waals surface area contributed by atoms with E-state index in [1.807, 2.05) is 13.8 Å². The number of nitrogens with zero attached hydrogens (tertiary/aromatic N) is 6. The summed E-state index contributed by atoms with van der Waals surface area (Å²) in [6, 6.07) is 0.157. The van der Waals surface area contributed by atoms with Crippen LogP contribution in [0.5, 0.6) is 5.19 Å². The minimum absolute atomic E-state index is 0.157. The number of piperazine rings is 1. The molecular weight excluding hydrogens is 316 g/mol. The average Bonchev–Trinajstić information content (AvgIpc) is 3.17. The van der Waals surface area contributed by atoms with E-state index in [4.69, 9.17) is 9.26 Å². The molecule has 1 saturated heterocycles. The third-order valence-electron chi connectivity index (χ3n) is 3.93. The van der Waals surface area contributed by atoms with E-state index in [2.05, 4.69) is 37.1 Å². The summed E-state index contributed by atoms with van der Waals surface area (Å²) >= 11 is 1.52. The SMILES string of the molecule is CCOc1nnc(CN2CCN(C(C)c3nc(C)no3)CC2)s1. The summed E-state index contributed by atoms with van der Waals surface area (Å²) in [6.45, 7) is 11.3. The largest absolute Gasteiger partial charge is 0.469 e. The maximum atomic E-state index is 5.37. The van der Waals surface area contributed by atoms with Crippen LogP contribution < -0.4 is 4.74 Å². The van der Waals surface area contributed by atoms with Gasteiger partial charge in [-0.3, -0.25) is 9.80 Å². The summed E-state index contributed by atoms with van der Waals surface area (Å²) < 4.78 is 10.7. The molecule has 3 rings (SSSR count). The van der Waals surface area contributed by atoms with E-state index >= 15 is 0 Å². The lowest BCUT2D eigenvalue weighted by Gasteiger charge is -2.36. The Morgan fingerprint density at radius 1 is 1.26 bits per heavy atom. The molecule has 0 N–H and O–H groups in total. The number of hydrogen-bond acceptors (Lipinski definition) is 9. The molecule has 23 heavy (non-hydrogen) atoms. The molecule has 126 valence electrons. The Morgan fingerprint density at radius 2 is 2.04 bits per heavy atom. The summed E-state index contributed by atoms with van der Waals surface area (Å²) in [5.41, 5.74) is 0. The van der Waals surface area contributed by atoms with Crippen LogP contribution in [0.4, 0.5) is 0 Å². The van der Waals surface area contributed by atoms with Crippen LogP contribution in [0.3, 0.4) is 0 Å². The highest BCUT2D eigenvalue weighted by Gasteiger charge is 2.25. The summed E-state index contributed by atoms with van der Waals surface area (Å²) in [7, 11) is 0. The third kappa shape index (κ3) is 4.04. The predicted molar refractivity (Wildman–Crippen MR) is 85.4 cm³/mol. The van der Waals surface area contributed by atoms with Crippen LogP contribution in [0, 0.1) is 6.92 Å². The first-order valence-electron chi connectivity index (χ1n) is 7.87. The highest BCUT2D eigenvalue weighted by atomic mass is 32.1. The monoisotopic (exact) mass is 338 g/mol. The van der Waals surface area contributed by atoms with Crippen LogP contribution in [-0.4, -0.2) is 62.9 Å². The van der Waals surface area contributed by atoms with E-state index in [1.54, 1.807) is 0 Å². The van der Waals surface area contributed by atoms with Crippen molar-refractivity contribution in [2.24, 2.45) is 0 Å². The normalized spacial score (nSPS) is 18.2. The maximum Gasteiger partial charge on any atom is 0.294 e. The zero-order valence-corrected chi connectivity index (χ0v) is 14.5. The Bertz CT molecular complexity index is 622. The molecule has 3 heterocycles. The molecule has 0 spiro atoms. The maximum absolute atomic E-state index is 5.37. The molecule has 1 unspecified atom stereocenters. The van der Waals surface area contributed by atoms with Crippen molar-refractivity contribution in [3.63, 3.8) is 0 Å². The van der Waals surface area contributed by atoms with Gasteiger partial charge in [0.15, 0.2) is 5.82 Å². The van der Waals surface area contributed by atoms with Crippen LogP contribution in [0.2, 0.25) is 0 Å². The molecule has 0 aliphatic carbocycles. The first-order valence-corrected chi connectivity index (χ1v) is 8.69. The fourth-order valence-corrected chi connectivity index (χ4v) is 3.41. The zero-order chi connectivity index (χ0) is 16.2. The molecule has 1 aliphatic rings. The molecule has 2 aromatic heterocycles. The van der Waals surface area contributed by atoms with E-state index in [0.29, 0.717) is 23.5 Å². The number of aromatic nitrogens is 4. The van der Waals surface area contributed by atoms with Crippen molar-refractivity contribution in [1.82, 2.24) is 30.1 Å². The van der Waals surface area contributed by atoms with Gasteiger partial charge in [0.05, 0.1) is 19.2 Å². The van der Waals surface area contributed by atoms with E-state index in [1.165, 1.54) is 11.3 Å². The Balaban J connectivity index is 1.49. The van der Waals surface area contributed by atoms with Crippen LogP contribution >= 0.6 is 11.3 Å². The smallest absolute Gasteiger partial charge is 0.294 e. The Hall–Kier alpha value is -1.58. The van der Waals surface area contributed by atoms with Crippen molar-refractivity contribution in [3.8, 4) is 5.19 Å². The summed E-state index contributed by atoms with van der Waals surface area (Å²) in [6.07, 6.45) is 0. The highest BCUT2D eigenvalue weighted by Crippen LogP contribution is 2.22. The van der Waals surface area contributed by atoms with Gasteiger partial charge in [-0.15, -0.1) is 10.2 Å². The average molecular weight is 338 g/mol. The lowest BCUT2D eigenvalue weighted by atomic mass is 10.2. The highest BCUT2D eigenvalue weighted by molar-refractivity contribution is 7.13. The van der Waals surface area contributed by atoms with Crippen molar-refractivity contribution < 1.29 is 9.26 Å². The second-order valence-corrected chi connectivity index (χ2v) is 6.59. The summed E-state index contributed by atoms with van der Waals surface area (Å²) in [5, 5.41) is 13.8. The zero-order valence-electron chi connectivity index (χ0n) is 13.7. The first kappa shape index (κ1) is 16.3. The van der Waals surface area contributed by atoms with Gasteiger partial charge in [0.25, 0.3) is 5.19 Å². The number of rotatable bonds is 6. The molecule has 9 heteroatoms. The van der Waals surface area contributed by atoms with Gasteiger partial charge in [0.2, 0.25) is 5.89 Å². The molecule has 0 saturated carbocycles. The Labute approximate surface area is 139 Å². The van der Waals surface area contributed by atoms with Gasteiger partial charge in [-0.05, 0) is 20.8 Å².